The van der Waals surface area contributed by atoms with Crippen molar-refractivity contribution in [2.45, 2.75) is 0 Å². The fourth-order valence-electron chi connectivity index (χ4n) is 1.30. The average molecular weight is 248 g/mol. The van der Waals surface area contributed by atoms with Gasteiger partial charge >= 0.3 is 83.8 Å². The van der Waals surface area contributed by atoms with E-state index in [0.717, 1.165) is 0 Å². The Hall–Kier alpha value is 0.620. The molecule has 5 N–H and O–H groups in total. The van der Waals surface area contributed by atoms with E-state index in [2.05, 4.69) is 0 Å². The SMILES string of the molecule is OCC[PH](CCO)(CCO)OP(O)O. The maximum absolute atomic E-state index is 8.80. The molecule has 0 aliphatic carbocycles. The molecular weight excluding hydrogens is 230 g/mol. The van der Waals surface area contributed by atoms with Gasteiger partial charge in [0.1, 0.15) is 0 Å². The van der Waals surface area contributed by atoms with Gasteiger partial charge < -0.3 is 0 Å². The van der Waals surface area contributed by atoms with E-state index in [4.69, 9.17) is 29.4 Å². The van der Waals surface area contributed by atoms with Crippen molar-refractivity contribution in [2.24, 2.45) is 0 Å². The topological polar surface area (TPSA) is 110 Å². The van der Waals surface area contributed by atoms with Gasteiger partial charge in [0.2, 0.25) is 0 Å². The number of aliphatic hydroxyl groups excluding tert-OH is 3. The van der Waals surface area contributed by atoms with Crippen molar-refractivity contribution in [1.29, 1.82) is 0 Å². The second-order valence-electron chi connectivity index (χ2n) is 2.95. The number of rotatable bonds is 8. The third-order valence-electron chi connectivity index (χ3n) is 1.98. The molecule has 0 aromatic carbocycles. The molecule has 0 amide bonds. The Morgan fingerprint density at radius 3 is 1.43 bits per heavy atom. The van der Waals surface area contributed by atoms with Gasteiger partial charge in [0.05, 0.1) is 0 Å². The molecule has 0 aromatic heterocycles. The Morgan fingerprint density at radius 2 is 1.21 bits per heavy atom. The molecule has 0 fully saturated rings. The van der Waals surface area contributed by atoms with Crippen LogP contribution in [0.4, 0.5) is 0 Å². The van der Waals surface area contributed by atoms with Crippen LogP contribution in [0, 0.1) is 0 Å². The molecule has 0 bridgehead atoms. The van der Waals surface area contributed by atoms with E-state index < -0.39 is 16.1 Å². The maximum atomic E-state index is 8.80. The molecule has 0 spiro atoms. The van der Waals surface area contributed by atoms with Crippen molar-refractivity contribution in [2.75, 3.05) is 38.3 Å². The van der Waals surface area contributed by atoms with Gasteiger partial charge in [-0.3, -0.25) is 0 Å². The predicted octanol–water partition coefficient (Wildman–Crippen LogP) is -1.14. The van der Waals surface area contributed by atoms with E-state index in [0.29, 0.717) is 0 Å². The van der Waals surface area contributed by atoms with E-state index in [-0.39, 0.29) is 38.3 Å². The molecule has 0 radical (unpaired) electrons. The van der Waals surface area contributed by atoms with Crippen LogP contribution < -0.4 is 0 Å². The molecule has 0 aromatic rings. The minimum atomic E-state index is -2.58. The van der Waals surface area contributed by atoms with Gasteiger partial charge in [0, 0.05) is 0 Å². The van der Waals surface area contributed by atoms with E-state index in [1.165, 1.54) is 0 Å². The van der Waals surface area contributed by atoms with Crippen LogP contribution in [-0.2, 0) is 4.31 Å². The molecule has 0 atom stereocenters. The van der Waals surface area contributed by atoms with Crippen molar-refractivity contribution in [3.8, 4) is 0 Å². The molecule has 0 saturated heterocycles. The molecule has 0 heterocycles. The van der Waals surface area contributed by atoms with E-state index in [9.17, 15) is 0 Å². The second kappa shape index (κ2) is 7.85. The second-order valence-corrected chi connectivity index (χ2v) is 8.05. The van der Waals surface area contributed by atoms with Crippen molar-refractivity contribution < 1.29 is 29.4 Å². The first-order chi connectivity index (χ1) is 6.60. The zero-order valence-corrected chi connectivity index (χ0v) is 9.73. The number of hydrogen-bond acceptors (Lipinski definition) is 6. The molecule has 0 saturated carbocycles. The summed E-state index contributed by atoms with van der Waals surface area (Å²) in [6, 6.07) is 0. The minimum absolute atomic E-state index is 0.143. The number of aliphatic hydroxyl groups is 3. The molecular formula is C6H18O6P2. The van der Waals surface area contributed by atoms with Crippen LogP contribution in [0.15, 0.2) is 0 Å². The molecule has 88 valence electrons. The predicted molar refractivity (Wildman–Crippen MR) is 56.6 cm³/mol. The van der Waals surface area contributed by atoms with E-state index in [1.807, 2.05) is 0 Å². The van der Waals surface area contributed by atoms with Crippen LogP contribution in [0.2, 0.25) is 0 Å². The van der Waals surface area contributed by atoms with Gasteiger partial charge in [-0.2, -0.15) is 0 Å². The Bertz CT molecular complexity index is 127. The Balaban J connectivity index is 4.37. The zero-order valence-electron chi connectivity index (χ0n) is 7.83. The molecule has 0 rings (SSSR count). The van der Waals surface area contributed by atoms with Gasteiger partial charge in [0.25, 0.3) is 0 Å². The molecule has 0 aliphatic heterocycles. The third-order valence-corrected chi connectivity index (χ3v) is 7.58. The average Bonchev–Trinajstić information content (AvgIpc) is 2.03. The quantitative estimate of drug-likeness (QED) is 0.347. The van der Waals surface area contributed by atoms with Gasteiger partial charge in [-0.1, -0.05) is 0 Å². The van der Waals surface area contributed by atoms with Gasteiger partial charge in [-0.25, -0.2) is 0 Å². The summed E-state index contributed by atoms with van der Waals surface area (Å²) >= 11 is 0. The molecule has 0 unspecified atom stereocenters. The van der Waals surface area contributed by atoms with Crippen LogP contribution in [-0.4, -0.2) is 63.4 Å². The van der Waals surface area contributed by atoms with Crippen molar-refractivity contribution in [3.63, 3.8) is 0 Å². The summed E-state index contributed by atoms with van der Waals surface area (Å²) in [6.45, 7) is -0.430. The standard InChI is InChI=1S/C6H18O6P2/c7-1-4-14(5-2-8,6-3-9)12-13(10)11/h7-11,14H,1-6H2. The molecule has 0 aliphatic rings. The molecule has 14 heavy (non-hydrogen) atoms. The van der Waals surface area contributed by atoms with Crippen molar-refractivity contribution in [1.82, 2.24) is 0 Å². The van der Waals surface area contributed by atoms with Crippen LogP contribution in [0.25, 0.3) is 0 Å². The first-order valence-electron chi connectivity index (χ1n) is 4.30. The third kappa shape index (κ3) is 5.49. The Kier molecular flexibility index (Phi) is 8.20. The fourth-order valence-corrected chi connectivity index (χ4v) is 5.75. The normalized spacial score (nSPS) is 13.6. The summed E-state index contributed by atoms with van der Waals surface area (Å²) in [5, 5.41) is 26.4. The summed E-state index contributed by atoms with van der Waals surface area (Å²) in [7, 11) is -5.07. The van der Waals surface area contributed by atoms with Gasteiger partial charge in [-0.05, 0) is 0 Å². The van der Waals surface area contributed by atoms with Crippen LogP contribution >= 0.6 is 16.1 Å². The van der Waals surface area contributed by atoms with Crippen LogP contribution in [0.5, 0.6) is 0 Å². The van der Waals surface area contributed by atoms with Crippen molar-refractivity contribution >= 4 is 16.1 Å². The van der Waals surface area contributed by atoms with E-state index >= 15 is 0 Å². The first-order valence-corrected chi connectivity index (χ1v) is 7.99. The monoisotopic (exact) mass is 248 g/mol. The summed E-state index contributed by atoms with van der Waals surface area (Å²) in [4.78, 5) is 17.5. The summed E-state index contributed by atoms with van der Waals surface area (Å²) in [6.07, 6.45) is 0.857. The van der Waals surface area contributed by atoms with Gasteiger partial charge in [-0.15, -0.1) is 0 Å². The van der Waals surface area contributed by atoms with Gasteiger partial charge in [0.15, 0.2) is 0 Å². The fraction of sp³-hybridized carbons (Fsp3) is 1.00. The van der Waals surface area contributed by atoms with Crippen molar-refractivity contribution in [3.05, 3.63) is 0 Å². The zero-order chi connectivity index (χ0) is 11.0. The number of hydrogen-bond donors (Lipinski definition) is 5. The molecule has 6 nitrogen and oxygen atoms in total. The summed E-state index contributed by atoms with van der Waals surface area (Å²) in [5.74, 6) is 0. The summed E-state index contributed by atoms with van der Waals surface area (Å²) in [5.41, 5.74) is 0. The molecule has 8 heteroatoms. The van der Waals surface area contributed by atoms with E-state index in [1.54, 1.807) is 0 Å². The van der Waals surface area contributed by atoms with Crippen LogP contribution in [0.3, 0.4) is 0 Å². The Labute approximate surface area is 84.6 Å². The Morgan fingerprint density at radius 1 is 0.857 bits per heavy atom. The summed E-state index contributed by atoms with van der Waals surface area (Å²) < 4.78 is 4.99. The van der Waals surface area contributed by atoms with Crippen LogP contribution in [0.1, 0.15) is 0 Å². The first kappa shape index (κ1) is 14.6.